The van der Waals surface area contributed by atoms with Gasteiger partial charge in [0.05, 0.1) is 11.9 Å². The number of carbonyl (C=O) groups is 1. The van der Waals surface area contributed by atoms with Crippen molar-refractivity contribution >= 4 is 11.6 Å². The molecule has 28 heavy (non-hydrogen) atoms. The first kappa shape index (κ1) is 18.3. The lowest BCUT2D eigenvalue weighted by Crippen LogP contribution is -2.49. The minimum absolute atomic E-state index is 0.131. The number of hydrogen-bond donors (Lipinski definition) is 0. The van der Waals surface area contributed by atoms with E-state index >= 15 is 0 Å². The summed E-state index contributed by atoms with van der Waals surface area (Å²) in [5.41, 5.74) is 5.46. The summed E-state index contributed by atoms with van der Waals surface area (Å²) in [6.45, 7) is 7.33. The van der Waals surface area contributed by atoms with Crippen molar-refractivity contribution in [3.63, 3.8) is 0 Å². The number of carbonyl (C=O) groups excluding carboxylic acids is 1. The van der Waals surface area contributed by atoms with Crippen LogP contribution in [0.2, 0.25) is 0 Å². The van der Waals surface area contributed by atoms with Crippen LogP contribution in [0.1, 0.15) is 11.4 Å². The molecule has 1 aromatic carbocycles. The number of amides is 1. The molecule has 3 heterocycles. The molecule has 1 saturated heterocycles. The van der Waals surface area contributed by atoms with Crippen LogP contribution in [0.5, 0.6) is 0 Å². The summed E-state index contributed by atoms with van der Waals surface area (Å²) in [5, 5.41) is 8.71. The van der Waals surface area contributed by atoms with E-state index in [-0.39, 0.29) is 5.91 Å². The van der Waals surface area contributed by atoms with Gasteiger partial charge in [-0.2, -0.15) is 10.2 Å². The molecule has 0 saturated carbocycles. The molecule has 146 valence electrons. The molecule has 7 heteroatoms. The zero-order chi connectivity index (χ0) is 19.7. The second-order valence-electron chi connectivity index (χ2n) is 7.37. The lowest BCUT2D eigenvalue weighted by Gasteiger charge is -2.37. The van der Waals surface area contributed by atoms with Crippen molar-refractivity contribution in [3.05, 3.63) is 54.1 Å². The second-order valence-corrected chi connectivity index (χ2v) is 7.37. The fourth-order valence-electron chi connectivity index (χ4n) is 3.81. The van der Waals surface area contributed by atoms with Crippen LogP contribution in [-0.2, 0) is 18.4 Å². The standard InChI is InChI=1S/C21H26N6O/c1-16-12-17(2)27(23-16)15-21(28)26-10-8-25(9-11-26)20-7-5-4-6-19(20)18-13-22-24(3)14-18/h4-7,12-14H,8-11,15H2,1-3H3. The second kappa shape index (κ2) is 7.50. The number of hydrogen-bond acceptors (Lipinski definition) is 4. The fourth-order valence-corrected chi connectivity index (χ4v) is 3.81. The first-order chi connectivity index (χ1) is 13.5. The van der Waals surface area contributed by atoms with Crippen molar-refractivity contribution < 1.29 is 4.79 Å². The van der Waals surface area contributed by atoms with Gasteiger partial charge in [0, 0.05) is 61.9 Å². The van der Waals surface area contributed by atoms with Crippen molar-refractivity contribution in [3.8, 4) is 11.1 Å². The fraction of sp³-hybridized carbons (Fsp3) is 0.381. The first-order valence-corrected chi connectivity index (χ1v) is 9.63. The number of nitrogens with zero attached hydrogens (tertiary/aromatic N) is 6. The predicted molar refractivity (Wildman–Crippen MR) is 109 cm³/mol. The summed E-state index contributed by atoms with van der Waals surface area (Å²) in [4.78, 5) is 17.0. The van der Waals surface area contributed by atoms with E-state index in [0.29, 0.717) is 6.54 Å². The Hall–Kier alpha value is -3.09. The van der Waals surface area contributed by atoms with Gasteiger partial charge < -0.3 is 9.80 Å². The summed E-state index contributed by atoms with van der Waals surface area (Å²) in [7, 11) is 1.93. The Morgan fingerprint density at radius 1 is 1.11 bits per heavy atom. The molecule has 0 N–H and O–H groups in total. The number of aryl methyl sites for hydroxylation is 3. The summed E-state index contributed by atoms with van der Waals surface area (Å²) < 4.78 is 3.61. The van der Waals surface area contributed by atoms with Crippen LogP contribution in [0, 0.1) is 13.8 Å². The molecule has 3 aromatic rings. The molecule has 0 bridgehead atoms. The predicted octanol–water partition coefficient (Wildman–Crippen LogP) is 2.25. The molecular formula is C21H26N6O. The van der Waals surface area contributed by atoms with Gasteiger partial charge in [0.1, 0.15) is 6.54 Å². The molecule has 1 aliphatic heterocycles. The topological polar surface area (TPSA) is 59.2 Å². The van der Waals surface area contributed by atoms with Crippen molar-refractivity contribution in [2.75, 3.05) is 31.1 Å². The van der Waals surface area contributed by atoms with Crippen LogP contribution in [0.3, 0.4) is 0 Å². The van der Waals surface area contributed by atoms with E-state index in [1.54, 1.807) is 4.68 Å². The van der Waals surface area contributed by atoms with Crippen molar-refractivity contribution in [2.24, 2.45) is 7.05 Å². The van der Waals surface area contributed by atoms with Crippen LogP contribution < -0.4 is 4.90 Å². The van der Waals surface area contributed by atoms with Crippen LogP contribution in [-0.4, -0.2) is 56.5 Å². The van der Waals surface area contributed by atoms with E-state index in [1.165, 1.54) is 11.3 Å². The molecule has 0 spiro atoms. The van der Waals surface area contributed by atoms with Crippen molar-refractivity contribution in [2.45, 2.75) is 20.4 Å². The maximum absolute atomic E-state index is 12.7. The summed E-state index contributed by atoms with van der Waals surface area (Å²) >= 11 is 0. The highest BCUT2D eigenvalue weighted by Crippen LogP contribution is 2.31. The molecule has 1 fully saturated rings. The molecule has 1 amide bonds. The maximum atomic E-state index is 12.7. The van der Waals surface area contributed by atoms with Gasteiger partial charge in [0.2, 0.25) is 5.91 Å². The van der Waals surface area contributed by atoms with Crippen LogP contribution in [0.4, 0.5) is 5.69 Å². The number of aromatic nitrogens is 4. The minimum atomic E-state index is 0.131. The quantitative estimate of drug-likeness (QED) is 0.699. The third kappa shape index (κ3) is 3.65. The Kier molecular flexibility index (Phi) is 4.90. The summed E-state index contributed by atoms with van der Waals surface area (Å²) in [6.07, 6.45) is 3.93. The summed E-state index contributed by atoms with van der Waals surface area (Å²) in [5.74, 6) is 0.131. The number of para-hydroxylation sites is 1. The highest BCUT2D eigenvalue weighted by molar-refractivity contribution is 5.79. The van der Waals surface area contributed by atoms with Crippen LogP contribution in [0.25, 0.3) is 11.1 Å². The van der Waals surface area contributed by atoms with E-state index in [2.05, 4.69) is 39.4 Å². The molecule has 0 unspecified atom stereocenters. The molecular weight excluding hydrogens is 352 g/mol. The van der Waals surface area contributed by atoms with Gasteiger partial charge in [-0.3, -0.25) is 14.2 Å². The van der Waals surface area contributed by atoms with Gasteiger partial charge in [-0.15, -0.1) is 0 Å². The Labute approximate surface area is 165 Å². The third-order valence-corrected chi connectivity index (χ3v) is 5.28. The van der Waals surface area contributed by atoms with Gasteiger partial charge in [-0.1, -0.05) is 18.2 Å². The number of piperazine rings is 1. The SMILES string of the molecule is Cc1cc(C)n(CC(=O)N2CCN(c3ccccc3-c3cnn(C)c3)CC2)n1. The van der Waals surface area contributed by atoms with E-state index in [0.717, 1.165) is 43.1 Å². The highest BCUT2D eigenvalue weighted by Gasteiger charge is 2.23. The number of benzene rings is 1. The number of anilines is 1. The largest absolute Gasteiger partial charge is 0.367 e. The van der Waals surface area contributed by atoms with E-state index in [9.17, 15) is 4.79 Å². The van der Waals surface area contributed by atoms with Gasteiger partial charge in [0.25, 0.3) is 0 Å². The Bertz CT molecular complexity index is 980. The van der Waals surface area contributed by atoms with Crippen molar-refractivity contribution in [1.82, 2.24) is 24.5 Å². The molecule has 0 radical (unpaired) electrons. The highest BCUT2D eigenvalue weighted by atomic mass is 16.2. The molecule has 7 nitrogen and oxygen atoms in total. The van der Waals surface area contributed by atoms with Gasteiger partial charge in [-0.25, -0.2) is 0 Å². The molecule has 4 rings (SSSR count). The molecule has 1 aliphatic rings. The summed E-state index contributed by atoms with van der Waals surface area (Å²) in [6, 6.07) is 10.4. The maximum Gasteiger partial charge on any atom is 0.244 e. The van der Waals surface area contributed by atoms with Crippen molar-refractivity contribution in [1.29, 1.82) is 0 Å². The van der Waals surface area contributed by atoms with Gasteiger partial charge >= 0.3 is 0 Å². The third-order valence-electron chi connectivity index (χ3n) is 5.28. The number of rotatable bonds is 4. The smallest absolute Gasteiger partial charge is 0.244 e. The van der Waals surface area contributed by atoms with Gasteiger partial charge in [0.15, 0.2) is 0 Å². The Morgan fingerprint density at radius 2 is 1.86 bits per heavy atom. The Balaban J connectivity index is 1.43. The zero-order valence-corrected chi connectivity index (χ0v) is 16.7. The normalized spacial score (nSPS) is 14.5. The first-order valence-electron chi connectivity index (χ1n) is 9.63. The molecule has 0 atom stereocenters. The van der Waals surface area contributed by atoms with Gasteiger partial charge in [-0.05, 0) is 26.0 Å². The lowest BCUT2D eigenvalue weighted by molar-refractivity contribution is -0.132. The van der Waals surface area contributed by atoms with Crippen LogP contribution >= 0.6 is 0 Å². The average Bonchev–Trinajstić information content (AvgIpc) is 3.26. The lowest BCUT2D eigenvalue weighted by atomic mass is 10.1. The van der Waals surface area contributed by atoms with E-state index in [1.807, 2.05) is 48.9 Å². The molecule has 0 aliphatic carbocycles. The van der Waals surface area contributed by atoms with E-state index in [4.69, 9.17) is 0 Å². The molecule has 2 aromatic heterocycles. The van der Waals surface area contributed by atoms with E-state index < -0.39 is 0 Å². The Morgan fingerprint density at radius 3 is 2.50 bits per heavy atom. The monoisotopic (exact) mass is 378 g/mol. The zero-order valence-electron chi connectivity index (χ0n) is 16.7. The minimum Gasteiger partial charge on any atom is -0.367 e. The average molecular weight is 378 g/mol. The van der Waals surface area contributed by atoms with Crippen LogP contribution in [0.15, 0.2) is 42.7 Å².